The molecule has 2 amide bonds. The maximum atomic E-state index is 13.4. The van der Waals surface area contributed by atoms with Crippen molar-refractivity contribution < 1.29 is 26.8 Å². The molecule has 0 spiro atoms. The Morgan fingerprint density at radius 3 is 2.65 bits per heavy atom. The highest BCUT2D eigenvalue weighted by molar-refractivity contribution is 8.26. The van der Waals surface area contributed by atoms with E-state index in [4.69, 9.17) is 16.6 Å². The lowest BCUT2D eigenvalue weighted by Crippen LogP contribution is -2.42. The Kier molecular flexibility index (Phi) is 7.30. The number of nitrogens with zero attached hydrogens (tertiary/aromatic N) is 2. The van der Waals surface area contributed by atoms with Crippen molar-refractivity contribution in [1.29, 1.82) is 0 Å². The van der Waals surface area contributed by atoms with Crippen molar-refractivity contribution in [3.05, 3.63) is 64.2 Å². The van der Waals surface area contributed by atoms with Crippen molar-refractivity contribution in [2.75, 3.05) is 18.1 Å². The highest BCUT2D eigenvalue weighted by atomic mass is 32.2. The average molecular weight is 563 g/mol. The zero-order valence-corrected chi connectivity index (χ0v) is 22.7. The van der Waals surface area contributed by atoms with Gasteiger partial charge in [0, 0.05) is 24.9 Å². The van der Waals surface area contributed by atoms with Crippen molar-refractivity contribution in [1.82, 2.24) is 9.80 Å². The Morgan fingerprint density at radius 2 is 2.00 bits per heavy atom. The molecule has 3 fully saturated rings. The van der Waals surface area contributed by atoms with Crippen molar-refractivity contribution in [2.45, 2.75) is 44.7 Å². The molecule has 5 rings (SSSR count). The van der Waals surface area contributed by atoms with Gasteiger partial charge in [-0.05, 0) is 54.7 Å². The predicted octanol–water partition coefficient (Wildman–Crippen LogP) is 4.35. The number of halogens is 1. The first-order chi connectivity index (χ1) is 17.6. The fraction of sp³-hybridized carbons (Fsp3) is 0.423. The molecule has 1 saturated carbocycles. The van der Waals surface area contributed by atoms with Crippen LogP contribution in [0.3, 0.4) is 0 Å². The molecule has 2 saturated heterocycles. The Bertz CT molecular complexity index is 1370. The van der Waals surface area contributed by atoms with E-state index in [1.165, 1.54) is 17.0 Å². The molecule has 1 aliphatic carbocycles. The fourth-order valence-corrected chi connectivity index (χ4v) is 7.80. The van der Waals surface area contributed by atoms with Crippen molar-refractivity contribution >= 4 is 56.0 Å². The van der Waals surface area contributed by atoms with Gasteiger partial charge in [-0.3, -0.25) is 14.5 Å². The number of furan rings is 1. The molecule has 11 heteroatoms. The summed E-state index contributed by atoms with van der Waals surface area (Å²) in [5, 5.41) is 0. The number of rotatable bonds is 8. The Balaban J connectivity index is 1.26. The van der Waals surface area contributed by atoms with Crippen LogP contribution >= 0.6 is 24.0 Å². The van der Waals surface area contributed by atoms with Crippen LogP contribution in [0, 0.1) is 11.7 Å². The molecule has 7 nitrogen and oxygen atoms in total. The van der Waals surface area contributed by atoms with Gasteiger partial charge in [-0.25, -0.2) is 12.8 Å². The monoisotopic (exact) mass is 562 g/mol. The molecular formula is C26H27FN2O5S3. The molecule has 196 valence electrons. The predicted molar refractivity (Wildman–Crippen MR) is 144 cm³/mol. The quantitative estimate of drug-likeness (QED) is 0.349. The molecule has 0 bridgehead atoms. The Morgan fingerprint density at radius 1 is 1.27 bits per heavy atom. The van der Waals surface area contributed by atoms with Gasteiger partial charge in [0.05, 0.1) is 23.0 Å². The van der Waals surface area contributed by atoms with Crippen LogP contribution in [0.25, 0.3) is 6.08 Å². The first-order valence-electron chi connectivity index (χ1n) is 12.2. The van der Waals surface area contributed by atoms with Gasteiger partial charge in [0.15, 0.2) is 9.84 Å². The van der Waals surface area contributed by atoms with Crippen molar-refractivity contribution in [3.8, 4) is 0 Å². The van der Waals surface area contributed by atoms with Crippen LogP contribution in [-0.2, 0) is 26.0 Å². The van der Waals surface area contributed by atoms with Gasteiger partial charge in [-0.2, -0.15) is 0 Å². The molecule has 37 heavy (non-hydrogen) atoms. The van der Waals surface area contributed by atoms with E-state index in [2.05, 4.69) is 6.92 Å². The van der Waals surface area contributed by atoms with Crippen LogP contribution in [0.15, 0.2) is 45.7 Å². The summed E-state index contributed by atoms with van der Waals surface area (Å²) in [6.07, 6.45) is 3.10. The summed E-state index contributed by atoms with van der Waals surface area (Å²) in [4.78, 5) is 29.7. The van der Waals surface area contributed by atoms with Gasteiger partial charge in [0.25, 0.3) is 5.91 Å². The van der Waals surface area contributed by atoms with Gasteiger partial charge in [-0.15, -0.1) is 0 Å². The molecule has 0 radical (unpaired) electrons. The summed E-state index contributed by atoms with van der Waals surface area (Å²) in [5.74, 6) is 1.56. The third-order valence-corrected chi connectivity index (χ3v) is 10.2. The first kappa shape index (κ1) is 26.1. The van der Waals surface area contributed by atoms with E-state index in [1.54, 1.807) is 23.1 Å². The summed E-state index contributed by atoms with van der Waals surface area (Å²) in [6.45, 7) is 2.43. The SMILES string of the molecule is CC1CC1c1ccc(CN(C(=O)CCN2C(=O)/C(=C/c3ccc(F)cc3)SC2=S)C2CCS(=O)(=O)C2)o1. The zero-order chi connectivity index (χ0) is 26.3. The second-order valence-electron chi connectivity index (χ2n) is 9.84. The number of sulfone groups is 1. The van der Waals surface area contributed by atoms with Crippen molar-refractivity contribution in [3.63, 3.8) is 0 Å². The second kappa shape index (κ2) is 10.3. The van der Waals surface area contributed by atoms with E-state index in [1.807, 2.05) is 12.1 Å². The minimum absolute atomic E-state index is 0.0000403. The molecule has 1 aromatic heterocycles. The summed E-state index contributed by atoms with van der Waals surface area (Å²) in [5.41, 5.74) is 0.671. The molecule has 3 heterocycles. The maximum absolute atomic E-state index is 13.4. The minimum atomic E-state index is -3.20. The normalized spacial score (nSPS) is 25.7. The molecule has 2 aliphatic heterocycles. The molecule has 3 aliphatic rings. The van der Waals surface area contributed by atoms with Crippen LogP contribution < -0.4 is 0 Å². The van der Waals surface area contributed by atoms with Crippen molar-refractivity contribution in [2.24, 2.45) is 5.92 Å². The van der Waals surface area contributed by atoms with Crippen LogP contribution in [0.4, 0.5) is 4.39 Å². The third kappa shape index (κ3) is 5.99. The van der Waals surface area contributed by atoms with Crippen LogP contribution in [0.1, 0.15) is 49.2 Å². The maximum Gasteiger partial charge on any atom is 0.266 e. The summed E-state index contributed by atoms with van der Waals surface area (Å²) < 4.78 is 43.8. The summed E-state index contributed by atoms with van der Waals surface area (Å²) >= 11 is 6.52. The van der Waals surface area contributed by atoms with E-state index < -0.39 is 15.9 Å². The number of thiocarbonyl (C=S) groups is 1. The summed E-state index contributed by atoms with van der Waals surface area (Å²) in [7, 11) is -3.20. The lowest BCUT2D eigenvalue weighted by molar-refractivity contribution is -0.134. The van der Waals surface area contributed by atoms with E-state index in [-0.39, 0.29) is 48.6 Å². The van der Waals surface area contributed by atoms with Gasteiger partial charge >= 0.3 is 0 Å². The molecule has 1 aromatic carbocycles. The number of amides is 2. The number of carbonyl (C=O) groups is 2. The smallest absolute Gasteiger partial charge is 0.266 e. The summed E-state index contributed by atoms with van der Waals surface area (Å²) in [6, 6.07) is 9.13. The third-order valence-electron chi connectivity index (χ3n) is 7.04. The van der Waals surface area contributed by atoms with Gasteiger partial charge < -0.3 is 9.32 Å². The molecule has 2 aromatic rings. The second-order valence-corrected chi connectivity index (χ2v) is 13.7. The van der Waals surface area contributed by atoms with E-state index in [0.717, 1.165) is 23.9 Å². The minimum Gasteiger partial charge on any atom is -0.464 e. The average Bonchev–Trinajstić information content (AvgIpc) is 3.14. The number of thioether (sulfide) groups is 1. The van der Waals surface area contributed by atoms with Gasteiger partial charge in [0.2, 0.25) is 5.91 Å². The topological polar surface area (TPSA) is 87.9 Å². The number of hydrogen-bond acceptors (Lipinski definition) is 7. The molecule has 3 unspecified atom stereocenters. The first-order valence-corrected chi connectivity index (χ1v) is 15.2. The van der Waals surface area contributed by atoms with E-state index in [0.29, 0.717) is 38.8 Å². The van der Waals surface area contributed by atoms with Crippen LogP contribution in [-0.4, -0.2) is 58.4 Å². The van der Waals surface area contributed by atoms with E-state index in [9.17, 15) is 22.4 Å². The van der Waals surface area contributed by atoms with Crippen LogP contribution in [0.5, 0.6) is 0 Å². The lowest BCUT2D eigenvalue weighted by atomic mass is 10.2. The number of hydrogen-bond donors (Lipinski definition) is 0. The van der Waals surface area contributed by atoms with E-state index >= 15 is 0 Å². The standard InChI is InChI=1S/C26H27FN2O5S3/c1-16-12-21(16)22-7-6-20(34-22)14-29(19-9-11-37(32,33)15-19)24(30)8-10-28-25(31)23(36-26(28)35)13-17-2-4-18(27)5-3-17/h2-7,13,16,19,21H,8-12,14-15H2,1H3/b23-13-. The number of carbonyl (C=O) groups excluding carboxylic acids is 2. The molecular weight excluding hydrogens is 535 g/mol. The molecule has 0 N–H and O–H groups in total. The fourth-order valence-electron chi connectivity index (χ4n) is 4.76. The highest BCUT2D eigenvalue weighted by Gasteiger charge is 2.39. The van der Waals surface area contributed by atoms with Crippen LogP contribution in [0.2, 0.25) is 0 Å². The Hall–Kier alpha value is -2.50. The molecule has 3 atom stereocenters. The lowest BCUT2D eigenvalue weighted by Gasteiger charge is -2.28. The van der Waals surface area contributed by atoms with Gasteiger partial charge in [-0.1, -0.05) is 43.0 Å². The Labute approximate surface area is 225 Å². The van der Waals surface area contributed by atoms with Gasteiger partial charge in [0.1, 0.15) is 21.7 Å². The highest BCUT2D eigenvalue weighted by Crippen LogP contribution is 2.47. The zero-order valence-electron chi connectivity index (χ0n) is 20.3. The largest absolute Gasteiger partial charge is 0.464 e. The number of benzene rings is 1.